The normalized spacial score (nSPS) is 11.9. The van der Waals surface area contributed by atoms with E-state index in [-0.39, 0.29) is 12.5 Å². The molecular weight excluding hydrogens is 270 g/mol. The maximum Gasteiger partial charge on any atom is 0.308 e. The molecule has 1 unspecified atom stereocenters. The van der Waals surface area contributed by atoms with E-state index >= 15 is 0 Å². The van der Waals surface area contributed by atoms with Crippen molar-refractivity contribution in [2.45, 2.75) is 13.3 Å². The zero-order valence-corrected chi connectivity index (χ0v) is 11.7. The lowest BCUT2D eigenvalue weighted by molar-refractivity contribution is -0.141. The van der Waals surface area contributed by atoms with Gasteiger partial charge in [0.25, 0.3) is 5.91 Å². The largest absolute Gasteiger partial charge is 0.481 e. The van der Waals surface area contributed by atoms with E-state index in [0.29, 0.717) is 17.8 Å². The van der Waals surface area contributed by atoms with E-state index in [9.17, 15) is 9.59 Å². The van der Waals surface area contributed by atoms with Gasteiger partial charge in [-0.15, -0.1) is 0 Å². The minimum atomic E-state index is -0.910. The fourth-order valence-corrected chi connectivity index (χ4v) is 1.91. The highest BCUT2D eigenvalue weighted by atomic mass is 16.4. The van der Waals surface area contributed by atoms with E-state index in [1.165, 1.54) is 0 Å². The molecule has 3 N–H and O–H groups in total. The second-order valence-corrected chi connectivity index (χ2v) is 4.69. The molecule has 0 aliphatic rings. The van der Waals surface area contributed by atoms with Gasteiger partial charge in [-0.25, -0.2) is 0 Å². The number of aliphatic carboxylic acids is 1. The molecule has 0 saturated heterocycles. The van der Waals surface area contributed by atoms with Crippen LogP contribution in [0.4, 0.5) is 0 Å². The van der Waals surface area contributed by atoms with Crippen LogP contribution in [0.25, 0.3) is 11.3 Å². The molecule has 0 spiro atoms. The van der Waals surface area contributed by atoms with Gasteiger partial charge in [-0.05, 0) is 12.5 Å². The summed E-state index contributed by atoms with van der Waals surface area (Å²) in [6, 6.07) is 11.1. The summed E-state index contributed by atoms with van der Waals surface area (Å²) < 4.78 is 0. The van der Waals surface area contributed by atoms with E-state index in [1.54, 1.807) is 13.0 Å². The van der Waals surface area contributed by atoms with Gasteiger partial charge in [-0.1, -0.05) is 37.3 Å². The molecule has 1 atom stereocenters. The molecular formula is C15H17N3O3. The molecule has 1 heterocycles. The predicted molar refractivity (Wildman–Crippen MR) is 77.8 cm³/mol. The van der Waals surface area contributed by atoms with Crippen LogP contribution < -0.4 is 5.32 Å². The number of H-pyrrole nitrogens is 1. The number of rotatable bonds is 6. The summed E-state index contributed by atoms with van der Waals surface area (Å²) in [7, 11) is 0. The summed E-state index contributed by atoms with van der Waals surface area (Å²) in [4.78, 5) is 22.9. The van der Waals surface area contributed by atoms with E-state index in [2.05, 4.69) is 15.5 Å². The van der Waals surface area contributed by atoms with Crippen LogP contribution in [0.15, 0.2) is 36.4 Å². The Bertz CT molecular complexity index is 622. The van der Waals surface area contributed by atoms with Gasteiger partial charge in [0.15, 0.2) is 0 Å². The van der Waals surface area contributed by atoms with Crippen molar-refractivity contribution < 1.29 is 14.7 Å². The molecule has 2 aromatic rings. The molecule has 1 aromatic carbocycles. The number of hydrogen-bond acceptors (Lipinski definition) is 3. The third-order valence-electron chi connectivity index (χ3n) is 3.24. The minimum absolute atomic E-state index is 0.102. The first-order chi connectivity index (χ1) is 10.1. The molecule has 0 saturated carbocycles. The Hall–Kier alpha value is -2.63. The Morgan fingerprint density at radius 2 is 2.05 bits per heavy atom. The maximum atomic E-state index is 12.0. The van der Waals surface area contributed by atoms with Crippen LogP contribution in [-0.2, 0) is 4.79 Å². The van der Waals surface area contributed by atoms with Crippen LogP contribution in [0.2, 0.25) is 0 Å². The first-order valence-corrected chi connectivity index (χ1v) is 6.73. The lowest BCUT2D eigenvalue weighted by Gasteiger charge is -2.09. The van der Waals surface area contributed by atoms with Crippen molar-refractivity contribution in [1.82, 2.24) is 15.5 Å². The van der Waals surface area contributed by atoms with Crippen molar-refractivity contribution in [3.05, 3.63) is 42.1 Å². The number of benzene rings is 1. The summed E-state index contributed by atoms with van der Waals surface area (Å²) in [6.45, 7) is 1.87. The molecule has 110 valence electrons. The third kappa shape index (κ3) is 3.68. The van der Waals surface area contributed by atoms with Gasteiger partial charge in [0, 0.05) is 12.1 Å². The molecule has 0 aliphatic heterocycles. The Balaban J connectivity index is 2.01. The number of carbonyl (C=O) groups is 2. The lowest BCUT2D eigenvalue weighted by atomic mass is 10.1. The third-order valence-corrected chi connectivity index (χ3v) is 3.24. The first kappa shape index (κ1) is 14.8. The highest BCUT2D eigenvalue weighted by Crippen LogP contribution is 2.16. The predicted octanol–water partition coefficient (Wildman–Crippen LogP) is 1.92. The molecule has 1 amide bonds. The van der Waals surface area contributed by atoms with Crippen LogP contribution in [0.3, 0.4) is 0 Å². The summed E-state index contributed by atoms with van der Waals surface area (Å²) in [5.41, 5.74) is 1.89. The van der Waals surface area contributed by atoms with Gasteiger partial charge in [-0.3, -0.25) is 14.7 Å². The zero-order chi connectivity index (χ0) is 15.2. The average molecular weight is 287 g/mol. The number of aromatic amines is 1. The Morgan fingerprint density at radius 3 is 2.67 bits per heavy atom. The SMILES string of the molecule is CCC(CNC(=O)c1cc(-c2ccccc2)n[nH]1)C(=O)O. The van der Waals surface area contributed by atoms with Gasteiger partial charge >= 0.3 is 5.97 Å². The van der Waals surface area contributed by atoms with Crippen molar-refractivity contribution in [2.75, 3.05) is 6.54 Å². The van der Waals surface area contributed by atoms with Gasteiger partial charge < -0.3 is 10.4 Å². The molecule has 0 bridgehead atoms. The Labute approximate surface area is 122 Å². The van der Waals surface area contributed by atoms with Gasteiger partial charge in [0.2, 0.25) is 0 Å². The summed E-state index contributed by atoms with van der Waals surface area (Å²) in [5.74, 6) is -1.85. The van der Waals surface area contributed by atoms with Crippen molar-refractivity contribution >= 4 is 11.9 Å². The smallest absolute Gasteiger partial charge is 0.308 e. The highest BCUT2D eigenvalue weighted by molar-refractivity contribution is 5.93. The van der Waals surface area contributed by atoms with Crippen LogP contribution >= 0.6 is 0 Å². The standard InChI is InChI=1S/C15H17N3O3/c1-2-10(15(20)21)9-16-14(19)13-8-12(17-18-13)11-6-4-3-5-7-11/h3-8,10H,2,9H2,1H3,(H,16,19)(H,17,18)(H,20,21). The zero-order valence-electron chi connectivity index (χ0n) is 11.7. The summed E-state index contributed by atoms with van der Waals surface area (Å²) in [5, 5.41) is 18.3. The molecule has 6 nitrogen and oxygen atoms in total. The first-order valence-electron chi connectivity index (χ1n) is 6.73. The molecule has 0 radical (unpaired) electrons. The molecule has 21 heavy (non-hydrogen) atoms. The van der Waals surface area contributed by atoms with Gasteiger partial charge in [0.05, 0.1) is 11.6 Å². The van der Waals surface area contributed by atoms with Crippen molar-refractivity contribution in [3.8, 4) is 11.3 Å². The van der Waals surface area contributed by atoms with Crippen molar-refractivity contribution in [1.29, 1.82) is 0 Å². The van der Waals surface area contributed by atoms with Crippen LogP contribution in [0.1, 0.15) is 23.8 Å². The van der Waals surface area contributed by atoms with Crippen LogP contribution in [-0.4, -0.2) is 33.7 Å². The van der Waals surface area contributed by atoms with E-state index in [0.717, 1.165) is 5.56 Å². The topological polar surface area (TPSA) is 95.1 Å². The minimum Gasteiger partial charge on any atom is -0.481 e. The van der Waals surface area contributed by atoms with Crippen LogP contribution in [0.5, 0.6) is 0 Å². The average Bonchev–Trinajstić information content (AvgIpc) is 2.98. The Kier molecular flexibility index (Phi) is 4.71. The maximum absolute atomic E-state index is 12.0. The molecule has 0 aliphatic carbocycles. The van der Waals surface area contributed by atoms with E-state index < -0.39 is 11.9 Å². The second-order valence-electron chi connectivity index (χ2n) is 4.69. The number of carboxylic acids is 1. The number of hydrogen-bond donors (Lipinski definition) is 3. The number of nitrogens with zero attached hydrogens (tertiary/aromatic N) is 1. The van der Waals surface area contributed by atoms with Crippen molar-refractivity contribution in [3.63, 3.8) is 0 Å². The molecule has 1 aromatic heterocycles. The van der Waals surface area contributed by atoms with E-state index in [4.69, 9.17) is 5.11 Å². The van der Waals surface area contributed by atoms with Crippen molar-refractivity contribution in [2.24, 2.45) is 5.92 Å². The van der Waals surface area contributed by atoms with Gasteiger partial charge in [0.1, 0.15) is 5.69 Å². The number of nitrogens with one attached hydrogen (secondary N) is 2. The number of amides is 1. The second kappa shape index (κ2) is 6.69. The molecule has 0 fully saturated rings. The van der Waals surface area contributed by atoms with Crippen LogP contribution in [0, 0.1) is 5.92 Å². The number of aromatic nitrogens is 2. The number of carbonyl (C=O) groups excluding carboxylic acids is 1. The fraction of sp³-hybridized carbons (Fsp3) is 0.267. The molecule has 6 heteroatoms. The lowest BCUT2D eigenvalue weighted by Crippen LogP contribution is -2.32. The van der Waals surface area contributed by atoms with E-state index in [1.807, 2.05) is 30.3 Å². The molecule has 2 rings (SSSR count). The van der Waals surface area contributed by atoms with Gasteiger partial charge in [-0.2, -0.15) is 5.10 Å². The quantitative estimate of drug-likeness (QED) is 0.756. The highest BCUT2D eigenvalue weighted by Gasteiger charge is 2.17. The fourth-order valence-electron chi connectivity index (χ4n) is 1.91. The monoisotopic (exact) mass is 287 g/mol. The number of carboxylic acid groups (broad SMARTS) is 1. The summed E-state index contributed by atoms with van der Waals surface area (Å²) in [6.07, 6.45) is 0.466. The Morgan fingerprint density at radius 1 is 1.33 bits per heavy atom. The summed E-state index contributed by atoms with van der Waals surface area (Å²) >= 11 is 0.